The number of rotatable bonds is 6. The van der Waals surface area contributed by atoms with Crippen molar-refractivity contribution in [2.45, 2.75) is 32.7 Å². The zero-order valence-corrected chi connectivity index (χ0v) is 15.6. The molecule has 1 unspecified atom stereocenters. The lowest BCUT2D eigenvalue weighted by Gasteiger charge is -2.20. The Morgan fingerprint density at radius 1 is 1.33 bits per heavy atom. The molecule has 0 saturated carbocycles. The molecule has 0 fully saturated rings. The van der Waals surface area contributed by atoms with E-state index in [0.717, 1.165) is 30.1 Å². The molecule has 0 radical (unpaired) electrons. The lowest BCUT2D eigenvalue weighted by Crippen LogP contribution is -2.24. The maximum Gasteiger partial charge on any atom is 0.0624 e. The molecule has 0 spiro atoms. The first-order valence-electron chi connectivity index (χ1n) is 7.25. The van der Waals surface area contributed by atoms with Crippen LogP contribution in [0.3, 0.4) is 0 Å². The standard InChI is InChI=1S/C16H21ClIN3/c1-4-12-9-13(21(3)20-12)10-16(19-5-2)14-8-11(17)6-7-15(14)18/h6-9,16,19H,4-5,10H2,1-3H3. The summed E-state index contributed by atoms with van der Waals surface area (Å²) in [5.74, 6) is 0. The third-order valence-corrected chi connectivity index (χ3v) is 4.80. The molecule has 114 valence electrons. The van der Waals surface area contributed by atoms with Gasteiger partial charge in [-0.2, -0.15) is 5.10 Å². The van der Waals surface area contributed by atoms with E-state index in [1.807, 2.05) is 17.8 Å². The van der Waals surface area contributed by atoms with Gasteiger partial charge in [-0.15, -0.1) is 0 Å². The van der Waals surface area contributed by atoms with Gasteiger partial charge in [-0.05, 0) is 65.4 Å². The Balaban J connectivity index is 2.30. The van der Waals surface area contributed by atoms with Gasteiger partial charge in [-0.25, -0.2) is 0 Å². The fourth-order valence-corrected chi connectivity index (χ4v) is 3.36. The molecule has 3 nitrogen and oxygen atoms in total. The Labute approximate surface area is 145 Å². The molecule has 1 aromatic heterocycles. The summed E-state index contributed by atoms with van der Waals surface area (Å²) < 4.78 is 3.22. The van der Waals surface area contributed by atoms with Gasteiger partial charge in [0.25, 0.3) is 0 Å². The molecule has 0 aliphatic carbocycles. The number of nitrogens with zero attached hydrogens (tertiary/aromatic N) is 2. The van der Waals surface area contributed by atoms with E-state index in [9.17, 15) is 0 Å². The summed E-state index contributed by atoms with van der Waals surface area (Å²) in [5.41, 5.74) is 3.64. The van der Waals surface area contributed by atoms with E-state index in [-0.39, 0.29) is 6.04 Å². The van der Waals surface area contributed by atoms with Gasteiger partial charge in [0.15, 0.2) is 0 Å². The van der Waals surface area contributed by atoms with Crippen LogP contribution in [0.1, 0.15) is 36.8 Å². The number of hydrogen-bond acceptors (Lipinski definition) is 2. The fourth-order valence-electron chi connectivity index (χ4n) is 2.46. The van der Waals surface area contributed by atoms with Gasteiger partial charge in [0.1, 0.15) is 0 Å². The number of benzene rings is 1. The minimum absolute atomic E-state index is 0.251. The van der Waals surface area contributed by atoms with Crippen LogP contribution >= 0.6 is 34.2 Å². The normalized spacial score (nSPS) is 12.6. The van der Waals surface area contributed by atoms with Gasteiger partial charge >= 0.3 is 0 Å². The number of aromatic nitrogens is 2. The Morgan fingerprint density at radius 3 is 2.71 bits per heavy atom. The van der Waals surface area contributed by atoms with Crippen molar-refractivity contribution in [1.82, 2.24) is 15.1 Å². The summed E-state index contributed by atoms with van der Waals surface area (Å²) in [7, 11) is 2.01. The van der Waals surface area contributed by atoms with Crippen LogP contribution in [0.15, 0.2) is 24.3 Å². The van der Waals surface area contributed by atoms with Crippen molar-refractivity contribution < 1.29 is 0 Å². The maximum atomic E-state index is 6.17. The summed E-state index contributed by atoms with van der Waals surface area (Å²) >= 11 is 8.55. The SMILES string of the molecule is CCNC(Cc1cc(CC)nn1C)c1cc(Cl)ccc1I. The predicted molar refractivity (Wildman–Crippen MR) is 96.9 cm³/mol. The molecule has 2 aromatic rings. The number of nitrogens with one attached hydrogen (secondary N) is 1. The highest BCUT2D eigenvalue weighted by molar-refractivity contribution is 14.1. The molecule has 0 bridgehead atoms. The van der Waals surface area contributed by atoms with Crippen molar-refractivity contribution in [2.75, 3.05) is 6.54 Å². The average Bonchev–Trinajstić information content (AvgIpc) is 2.82. The Bertz CT molecular complexity index is 610. The Morgan fingerprint density at radius 2 is 2.10 bits per heavy atom. The quantitative estimate of drug-likeness (QED) is 0.716. The van der Waals surface area contributed by atoms with Gasteiger partial charge in [0.05, 0.1) is 5.69 Å². The van der Waals surface area contributed by atoms with Gasteiger partial charge < -0.3 is 5.32 Å². The van der Waals surface area contributed by atoms with E-state index in [2.05, 4.69) is 65.1 Å². The highest BCUT2D eigenvalue weighted by Crippen LogP contribution is 2.26. The highest BCUT2D eigenvalue weighted by Gasteiger charge is 2.17. The zero-order chi connectivity index (χ0) is 15.4. The molecule has 1 aromatic carbocycles. The Kier molecular flexibility index (Phi) is 6.08. The van der Waals surface area contributed by atoms with Crippen molar-refractivity contribution in [3.8, 4) is 0 Å². The molecular weight excluding hydrogens is 397 g/mol. The van der Waals surface area contributed by atoms with Crippen molar-refractivity contribution >= 4 is 34.2 Å². The van der Waals surface area contributed by atoms with Gasteiger partial charge in [-0.1, -0.05) is 25.4 Å². The highest BCUT2D eigenvalue weighted by atomic mass is 127. The summed E-state index contributed by atoms with van der Waals surface area (Å²) in [6.07, 6.45) is 1.88. The van der Waals surface area contributed by atoms with Crippen LogP contribution in [0.5, 0.6) is 0 Å². The molecule has 5 heteroatoms. The topological polar surface area (TPSA) is 29.9 Å². The first-order valence-corrected chi connectivity index (χ1v) is 8.70. The molecule has 1 N–H and O–H groups in total. The lowest BCUT2D eigenvalue weighted by molar-refractivity contribution is 0.527. The second-order valence-electron chi connectivity index (χ2n) is 5.08. The zero-order valence-electron chi connectivity index (χ0n) is 12.7. The summed E-state index contributed by atoms with van der Waals surface area (Å²) in [6, 6.07) is 8.52. The van der Waals surface area contributed by atoms with Crippen LogP contribution in [-0.4, -0.2) is 16.3 Å². The number of aryl methyl sites for hydroxylation is 2. The molecule has 0 amide bonds. The van der Waals surface area contributed by atoms with Crippen LogP contribution in [0.2, 0.25) is 5.02 Å². The van der Waals surface area contributed by atoms with Gasteiger partial charge in [0.2, 0.25) is 0 Å². The summed E-state index contributed by atoms with van der Waals surface area (Å²) in [4.78, 5) is 0. The minimum atomic E-state index is 0.251. The molecule has 1 atom stereocenters. The molecule has 0 aliphatic rings. The molecule has 0 aliphatic heterocycles. The number of hydrogen-bond donors (Lipinski definition) is 1. The van der Waals surface area contributed by atoms with Crippen molar-refractivity contribution in [3.05, 3.63) is 49.8 Å². The molecule has 1 heterocycles. The lowest BCUT2D eigenvalue weighted by atomic mass is 10.0. The van der Waals surface area contributed by atoms with Crippen LogP contribution < -0.4 is 5.32 Å². The van der Waals surface area contributed by atoms with Crippen LogP contribution in [0.4, 0.5) is 0 Å². The van der Waals surface area contributed by atoms with Crippen molar-refractivity contribution in [3.63, 3.8) is 0 Å². The Hall–Kier alpha value is -0.590. The van der Waals surface area contributed by atoms with Crippen LogP contribution in [0.25, 0.3) is 0 Å². The van der Waals surface area contributed by atoms with Crippen LogP contribution in [0, 0.1) is 3.57 Å². The minimum Gasteiger partial charge on any atom is -0.310 e. The summed E-state index contributed by atoms with van der Waals surface area (Å²) in [6.45, 7) is 5.19. The van der Waals surface area contributed by atoms with Gasteiger partial charge in [0, 0.05) is 33.8 Å². The van der Waals surface area contributed by atoms with Gasteiger partial charge in [-0.3, -0.25) is 4.68 Å². The number of halogens is 2. The monoisotopic (exact) mass is 417 g/mol. The smallest absolute Gasteiger partial charge is 0.0624 e. The second kappa shape index (κ2) is 7.61. The first kappa shape index (κ1) is 16.8. The molecule has 21 heavy (non-hydrogen) atoms. The third-order valence-electron chi connectivity index (χ3n) is 3.59. The molecular formula is C16H21ClIN3. The molecule has 0 saturated heterocycles. The van der Waals surface area contributed by atoms with Crippen molar-refractivity contribution in [2.24, 2.45) is 7.05 Å². The predicted octanol–water partition coefficient (Wildman–Crippen LogP) is 4.13. The van der Waals surface area contributed by atoms with E-state index in [1.54, 1.807) is 0 Å². The number of likely N-dealkylation sites (N-methyl/N-ethyl adjacent to an activating group) is 1. The molecule has 2 rings (SSSR count). The fraction of sp³-hybridized carbons (Fsp3) is 0.438. The third kappa shape index (κ3) is 4.20. The maximum absolute atomic E-state index is 6.17. The van der Waals surface area contributed by atoms with E-state index in [4.69, 9.17) is 11.6 Å². The largest absolute Gasteiger partial charge is 0.310 e. The first-order chi connectivity index (χ1) is 10.0. The van der Waals surface area contributed by atoms with E-state index in [0.29, 0.717) is 0 Å². The van der Waals surface area contributed by atoms with E-state index >= 15 is 0 Å². The van der Waals surface area contributed by atoms with E-state index in [1.165, 1.54) is 14.8 Å². The second-order valence-corrected chi connectivity index (χ2v) is 6.68. The van der Waals surface area contributed by atoms with Crippen LogP contribution in [-0.2, 0) is 19.9 Å². The summed E-state index contributed by atoms with van der Waals surface area (Å²) in [5, 5.41) is 8.89. The van der Waals surface area contributed by atoms with Crippen molar-refractivity contribution in [1.29, 1.82) is 0 Å². The van der Waals surface area contributed by atoms with E-state index < -0.39 is 0 Å². The average molecular weight is 418 g/mol.